The van der Waals surface area contributed by atoms with E-state index in [0.29, 0.717) is 0 Å². The third kappa shape index (κ3) is 6.12. The predicted octanol–water partition coefficient (Wildman–Crippen LogP) is 4.15. The predicted molar refractivity (Wildman–Crippen MR) is 74.6 cm³/mol. The molecule has 1 unspecified atom stereocenters. The van der Waals surface area contributed by atoms with Crippen LogP contribution in [0.5, 0.6) is 0 Å². The monoisotopic (exact) mass is 232 g/mol. The minimum atomic E-state index is 0.110. The Balaban J connectivity index is 4.49. The van der Waals surface area contributed by atoms with E-state index < -0.39 is 0 Å². The second-order valence-corrected chi connectivity index (χ2v) is 5.10. The smallest absolute Gasteiger partial charge is 0.122 e. The van der Waals surface area contributed by atoms with Gasteiger partial charge in [-0.05, 0) is 36.3 Å². The van der Waals surface area contributed by atoms with Crippen molar-refractivity contribution in [3.8, 4) is 12.3 Å². The third-order valence-electron chi connectivity index (χ3n) is 3.22. The molecule has 0 heterocycles. The number of carbonyl (C=O) groups excluding carboxylic acids is 1. The molecule has 0 saturated carbocycles. The highest BCUT2D eigenvalue weighted by Crippen LogP contribution is 2.30. The minimum Gasteiger partial charge on any atom is -0.303 e. The van der Waals surface area contributed by atoms with Crippen LogP contribution in [0.4, 0.5) is 0 Å². The second kappa shape index (κ2) is 7.90. The molecular formula is C16H24O. The van der Waals surface area contributed by atoms with Gasteiger partial charge in [0.1, 0.15) is 6.29 Å². The van der Waals surface area contributed by atoms with E-state index >= 15 is 0 Å². The molecular weight excluding hydrogens is 208 g/mol. The summed E-state index contributed by atoms with van der Waals surface area (Å²) in [4.78, 5) is 10.5. The molecule has 0 saturated heterocycles. The van der Waals surface area contributed by atoms with Crippen molar-refractivity contribution in [3.05, 3.63) is 23.8 Å². The van der Waals surface area contributed by atoms with Crippen LogP contribution in [0.1, 0.15) is 47.0 Å². The molecule has 0 N–H and O–H groups in total. The van der Waals surface area contributed by atoms with Gasteiger partial charge in [0.25, 0.3) is 0 Å². The zero-order valence-electron chi connectivity index (χ0n) is 11.5. The highest BCUT2D eigenvalue weighted by molar-refractivity contribution is 5.52. The molecule has 0 aliphatic carbocycles. The summed E-state index contributed by atoms with van der Waals surface area (Å²) < 4.78 is 0. The van der Waals surface area contributed by atoms with Gasteiger partial charge in [0.2, 0.25) is 0 Å². The zero-order chi connectivity index (χ0) is 13.3. The molecule has 0 aromatic heterocycles. The van der Waals surface area contributed by atoms with Gasteiger partial charge in [-0.1, -0.05) is 45.8 Å². The Bertz CT molecular complexity index is 326. The molecule has 0 aliphatic heterocycles. The maximum absolute atomic E-state index is 10.5. The lowest BCUT2D eigenvalue weighted by atomic mass is 9.81. The van der Waals surface area contributed by atoms with Crippen LogP contribution in [0.2, 0.25) is 0 Å². The van der Waals surface area contributed by atoms with E-state index in [4.69, 9.17) is 6.42 Å². The first-order valence-electron chi connectivity index (χ1n) is 6.26. The third-order valence-corrected chi connectivity index (χ3v) is 3.22. The lowest BCUT2D eigenvalue weighted by Crippen LogP contribution is -2.11. The molecule has 0 bridgehead atoms. The molecule has 0 rings (SSSR count). The van der Waals surface area contributed by atoms with Gasteiger partial charge in [-0.3, -0.25) is 0 Å². The van der Waals surface area contributed by atoms with Crippen molar-refractivity contribution < 1.29 is 4.79 Å². The highest BCUT2D eigenvalue weighted by Gasteiger charge is 2.18. The SMILES string of the molecule is C#C/C=C(\C=C/CCC(C)C=O)C(C)(C)CC. The molecule has 0 spiro atoms. The summed E-state index contributed by atoms with van der Waals surface area (Å²) in [7, 11) is 0. The molecule has 0 amide bonds. The number of hydrogen-bond acceptors (Lipinski definition) is 1. The van der Waals surface area contributed by atoms with Crippen LogP contribution in [-0.4, -0.2) is 6.29 Å². The summed E-state index contributed by atoms with van der Waals surface area (Å²) in [6.07, 6.45) is 15.3. The van der Waals surface area contributed by atoms with E-state index in [1.54, 1.807) is 0 Å². The van der Waals surface area contributed by atoms with Crippen LogP contribution in [0, 0.1) is 23.7 Å². The number of hydrogen-bond donors (Lipinski definition) is 0. The van der Waals surface area contributed by atoms with Crippen LogP contribution in [0.15, 0.2) is 23.8 Å². The summed E-state index contributed by atoms with van der Waals surface area (Å²) in [5.41, 5.74) is 1.29. The van der Waals surface area contributed by atoms with Gasteiger partial charge in [-0.25, -0.2) is 0 Å². The van der Waals surface area contributed by atoms with E-state index in [1.165, 1.54) is 5.57 Å². The van der Waals surface area contributed by atoms with Gasteiger partial charge in [0, 0.05) is 5.92 Å². The highest BCUT2D eigenvalue weighted by atomic mass is 16.1. The van der Waals surface area contributed by atoms with Crippen molar-refractivity contribution >= 4 is 6.29 Å². The van der Waals surface area contributed by atoms with Gasteiger partial charge in [-0.2, -0.15) is 0 Å². The molecule has 1 atom stereocenters. The van der Waals surface area contributed by atoms with Crippen molar-refractivity contribution in [2.45, 2.75) is 47.0 Å². The Morgan fingerprint density at radius 2 is 2.12 bits per heavy atom. The van der Waals surface area contributed by atoms with Gasteiger partial charge >= 0.3 is 0 Å². The first-order valence-corrected chi connectivity index (χ1v) is 6.26. The molecule has 0 aliphatic rings. The van der Waals surface area contributed by atoms with E-state index in [1.807, 2.05) is 13.0 Å². The number of allylic oxidation sites excluding steroid dienone is 4. The van der Waals surface area contributed by atoms with E-state index in [9.17, 15) is 4.79 Å². The molecule has 0 aromatic rings. The van der Waals surface area contributed by atoms with Gasteiger partial charge in [-0.15, -0.1) is 6.42 Å². The quantitative estimate of drug-likeness (QED) is 0.366. The number of rotatable bonds is 7. The maximum Gasteiger partial charge on any atom is 0.122 e. The van der Waals surface area contributed by atoms with Gasteiger partial charge < -0.3 is 4.79 Å². The maximum atomic E-state index is 10.5. The summed E-state index contributed by atoms with van der Waals surface area (Å²) in [5.74, 6) is 2.74. The largest absolute Gasteiger partial charge is 0.303 e. The van der Waals surface area contributed by atoms with Gasteiger partial charge in [0.05, 0.1) is 0 Å². The topological polar surface area (TPSA) is 17.1 Å². The number of carbonyl (C=O) groups is 1. The zero-order valence-corrected chi connectivity index (χ0v) is 11.5. The van der Waals surface area contributed by atoms with E-state index in [0.717, 1.165) is 25.5 Å². The first kappa shape index (κ1) is 15.7. The Hall–Kier alpha value is -1.29. The Kier molecular flexibility index (Phi) is 7.30. The summed E-state index contributed by atoms with van der Waals surface area (Å²) in [5, 5.41) is 0. The van der Waals surface area contributed by atoms with E-state index in [-0.39, 0.29) is 11.3 Å². The number of aldehydes is 1. The van der Waals surface area contributed by atoms with Crippen LogP contribution < -0.4 is 0 Å². The molecule has 0 fully saturated rings. The molecule has 17 heavy (non-hydrogen) atoms. The molecule has 0 radical (unpaired) electrons. The van der Waals surface area contributed by atoms with Crippen molar-refractivity contribution in [1.82, 2.24) is 0 Å². The van der Waals surface area contributed by atoms with Crippen molar-refractivity contribution in [1.29, 1.82) is 0 Å². The van der Waals surface area contributed by atoms with Crippen molar-refractivity contribution in [2.75, 3.05) is 0 Å². The lowest BCUT2D eigenvalue weighted by molar-refractivity contribution is -0.110. The molecule has 1 nitrogen and oxygen atoms in total. The van der Waals surface area contributed by atoms with Crippen molar-refractivity contribution in [2.24, 2.45) is 11.3 Å². The van der Waals surface area contributed by atoms with Crippen molar-refractivity contribution in [3.63, 3.8) is 0 Å². The Morgan fingerprint density at radius 3 is 2.59 bits per heavy atom. The fourth-order valence-corrected chi connectivity index (χ4v) is 1.40. The van der Waals surface area contributed by atoms with Crippen LogP contribution in [0.3, 0.4) is 0 Å². The fraction of sp³-hybridized carbons (Fsp3) is 0.562. The first-order chi connectivity index (χ1) is 7.97. The standard InChI is InChI=1S/C16H24O/c1-6-10-15(16(4,5)7-2)12-9-8-11-14(3)13-17/h1,9-10,12-14H,7-8,11H2,2-5H3/b12-9-,15-10+. The average Bonchev–Trinajstić information content (AvgIpc) is 2.32. The summed E-state index contributed by atoms with van der Waals surface area (Å²) >= 11 is 0. The molecule has 1 heteroatoms. The molecule has 0 aromatic carbocycles. The van der Waals surface area contributed by atoms with E-state index in [2.05, 4.69) is 38.8 Å². The average molecular weight is 232 g/mol. The lowest BCUT2D eigenvalue weighted by Gasteiger charge is -2.23. The Labute approximate surface area is 106 Å². The van der Waals surface area contributed by atoms with Crippen LogP contribution in [0.25, 0.3) is 0 Å². The van der Waals surface area contributed by atoms with Gasteiger partial charge in [0.15, 0.2) is 0 Å². The van der Waals surface area contributed by atoms with Crippen LogP contribution >= 0.6 is 0 Å². The summed E-state index contributed by atoms with van der Waals surface area (Å²) in [6.45, 7) is 8.48. The normalized spacial score (nSPS) is 14.6. The van der Waals surface area contributed by atoms with Crippen LogP contribution in [-0.2, 0) is 4.79 Å². The molecule has 94 valence electrons. The Morgan fingerprint density at radius 1 is 1.47 bits per heavy atom. The second-order valence-electron chi connectivity index (χ2n) is 5.10. The fourth-order valence-electron chi connectivity index (χ4n) is 1.40. The number of terminal acetylenes is 1. The minimum absolute atomic E-state index is 0.110. The summed E-state index contributed by atoms with van der Waals surface area (Å²) in [6, 6.07) is 0.